The molecule has 0 spiro atoms. The molecule has 33 heavy (non-hydrogen) atoms. The summed E-state index contributed by atoms with van der Waals surface area (Å²) in [5, 5.41) is 0.129. The molecule has 2 aromatic carbocycles. The van der Waals surface area contributed by atoms with Crippen LogP contribution >= 0.6 is 35.0 Å². The number of ether oxygens (including phenoxy) is 1. The first-order chi connectivity index (χ1) is 15.8. The van der Waals surface area contributed by atoms with Gasteiger partial charge in [0.2, 0.25) is 5.91 Å². The van der Waals surface area contributed by atoms with E-state index < -0.39 is 11.1 Å². The first kappa shape index (κ1) is 23.7. The Kier molecular flexibility index (Phi) is 7.32. The van der Waals surface area contributed by atoms with Crippen LogP contribution in [0.5, 0.6) is 5.75 Å². The maximum atomic E-state index is 12.7. The number of rotatable bonds is 6. The number of imide groups is 1. The fourth-order valence-electron chi connectivity index (χ4n) is 3.75. The van der Waals surface area contributed by atoms with Crippen molar-refractivity contribution in [2.24, 2.45) is 0 Å². The lowest BCUT2D eigenvalue weighted by Gasteiger charge is -2.18. The Bertz CT molecular complexity index is 1120. The van der Waals surface area contributed by atoms with Gasteiger partial charge in [-0.05, 0) is 60.9 Å². The van der Waals surface area contributed by atoms with Crippen LogP contribution in [0.15, 0.2) is 41.3 Å². The zero-order valence-electron chi connectivity index (χ0n) is 18.0. The minimum Gasteiger partial charge on any atom is -0.486 e. The molecule has 9 heteroatoms. The maximum Gasteiger partial charge on any atom is 0.294 e. The quantitative estimate of drug-likeness (QED) is 0.483. The van der Waals surface area contributed by atoms with Crippen LogP contribution in [0.25, 0.3) is 6.08 Å². The number of carbonyl (C=O) groups excluding carboxylic acids is 3. The molecular formula is C24H22Cl2N2O4S. The molecule has 2 fully saturated rings. The second kappa shape index (κ2) is 10.2. The van der Waals surface area contributed by atoms with Gasteiger partial charge in [0.05, 0.1) is 15.0 Å². The summed E-state index contributed by atoms with van der Waals surface area (Å²) in [6, 6.07) is 11.2. The van der Waals surface area contributed by atoms with Crippen LogP contribution in [0.3, 0.4) is 0 Å². The van der Waals surface area contributed by atoms with Gasteiger partial charge < -0.3 is 9.64 Å². The Labute approximate surface area is 206 Å². The summed E-state index contributed by atoms with van der Waals surface area (Å²) in [5.41, 5.74) is 2.67. The summed E-state index contributed by atoms with van der Waals surface area (Å²) in [6.45, 7) is 3.41. The third kappa shape index (κ3) is 5.54. The van der Waals surface area contributed by atoms with Gasteiger partial charge >= 0.3 is 0 Å². The van der Waals surface area contributed by atoms with Gasteiger partial charge in [0.25, 0.3) is 11.1 Å². The molecule has 0 aliphatic carbocycles. The van der Waals surface area contributed by atoms with Crippen LogP contribution < -0.4 is 4.74 Å². The van der Waals surface area contributed by atoms with Gasteiger partial charge in [-0.25, -0.2) is 0 Å². The fourth-order valence-corrected chi connectivity index (χ4v) is 5.20. The topological polar surface area (TPSA) is 66.9 Å². The van der Waals surface area contributed by atoms with Crippen molar-refractivity contribution in [3.05, 3.63) is 68.0 Å². The van der Waals surface area contributed by atoms with Crippen molar-refractivity contribution in [2.45, 2.75) is 26.4 Å². The van der Waals surface area contributed by atoms with E-state index in [0.717, 1.165) is 40.6 Å². The number of nitrogens with zero attached hydrogens (tertiary/aromatic N) is 2. The third-order valence-corrected chi connectivity index (χ3v) is 6.88. The molecule has 4 rings (SSSR count). The summed E-state index contributed by atoms with van der Waals surface area (Å²) < 4.78 is 5.82. The molecule has 0 radical (unpaired) electrons. The zero-order valence-corrected chi connectivity index (χ0v) is 20.3. The Morgan fingerprint density at radius 1 is 1.12 bits per heavy atom. The summed E-state index contributed by atoms with van der Waals surface area (Å²) in [6.07, 6.45) is 3.44. The third-order valence-electron chi connectivity index (χ3n) is 5.41. The standard InChI is InChI=1S/C24H22Cl2N2O4S/c1-15-5-4-6-16(9-15)14-32-22-18(25)10-17(11-19(22)26)12-20-23(30)28(24(31)33-20)13-21(29)27-7-2-3-8-27/h4-6,9-12H,2-3,7-8,13-14H2,1H3/b20-12-. The predicted octanol–water partition coefficient (Wildman–Crippen LogP) is 5.54. The van der Waals surface area contributed by atoms with E-state index in [1.807, 2.05) is 31.2 Å². The minimum atomic E-state index is -0.496. The number of hydrogen-bond donors (Lipinski definition) is 0. The van der Waals surface area contributed by atoms with Gasteiger partial charge in [-0.3, -0.25) is 19.3 Å². The van der Waals surface area contributed by atoms with Gasteiger partial charge in [0, 0.05) is 13.1 Å². The van der Waals surface area contributed by atoms with E-state index in [1.165, 1.54) is 0 Å². The predicted molar refractivity (Wildman–Crippen MR) is 130 cm³/mol. The SMILES string of the molecule is Cc1cccc(COc2c(Cl)cc(/C=C3\SC(=O)N(CC(=O)N4CCCC4)C3=O)cc2Cl)c1. The van der Waals surface area contributed by atoms with Crippen LogP contribution in [0.4, 0.5) is 4.79 Å². The first-order valence-corrected chi connectivity index (χ1v) is 12.1. The summed E-state index contributed by atoms with van der Waals surface area (Å²) >= 11 is 13.6. The second-order valence-corrected chi connectivity index (χ2v) is 9.75. The number of thioether (sulfide) groups is 1. The van der Waals surface area contributed by atoms with Gasteiger partial charge in [-0.2, -0.15) is 0 Å². The van der Waals surface area contributed by atoms with E-state index in [9.17, 15) is 14.4 Å². The molecule has 0 atom stereocenters. The minimum absolute atomic E-state index is 0.211. The van der Waals surface area contributed by atoms with Gasteiger partial charge in [-0.15, -0.1) is 0 Å². The molecule has 2 aliphatic heterocycles. The molecule has 0 bridgehead atoms. The molecule has 2 aromatic rings. The Balaban J connectivity index is 1.46. The molecule has 2 heterocycles. The number of likely N-dealkylation sites (tertiary alicyclic amines) is 1. The molecule has 6 nitrogen and oxygen atoms in total. The Hall–Kier alpha value is -2.48. The van der Waals surface area contributed by atoms with E-state index in [2.05, 4.69) is 0 Å². The van der Waals surface area contributed by atoms with Crippen LogP contribution in [0, 0.1) is 6.92 Å². The first-order valence-electron chi connectivity index (χ1n) is 10.5. The molecule has 0 N–H and O–H groups in total. The highest BCUT2D eigenvalue weighted by Gasteiger charge is 2.37. The molecular weight excluding hydrogens is 483 g/mol. The van der Waals surface area contributed by atoms with Crippen molar-refractivity contribution in [1.29, 1.82) is 0 Å². The second-order valence-electron chi connectivity index (χ2n) is 7.95. The van der Waals surface area contributed by atoms with Crippen LogP contribution in [0.2, 0.25) is 10.0 Å². The van der Waals surface area contributed by atoms with E-state index >= 15 is 0 Å². The fraction of sp³-hybridized carbons (Fsp3) is 0.292. The molecule has 0 aromatic heterocycles. The van der Waals surface area contributed by atoms with Crippen molar-refractivity contribution in [1.82, 2.24) is 9.80 Å². The van der Waals surface area contributed by atoms with E-state index in [4.69, 9.17) is 27.9 Å². The molecule has 3 amide bonds. The lowest BCUT2D eigenvalue weighted by atomic mass is 10.1. The van der Waals surface area contributed by atoms with Crippen LogP contribution in [-0.2, 0) is 16.2 Å². The largest absolute Gasteiger partial charge is 0.486 e. The lowest BCUT2D eigenvalue weighted by molar-refractivity contribution is -0.135. The number of amides is 3. The number of halogens is 2. The smallest absolute Gasteiger partial charge is 0.294 e. The normalized spacial score (nSPS) is 17.4. The lowest BCUT2D eigenvalue weighted by Crippen LogP contribution is -2.40. The average molecular weight is 505 g/mol. The van der Waals surface area contributed by atoms with Gasteiger partial charge in [0.1, 0.15) is 13.2 Å². The number of hydrogen-bond acceptors (Lipinski definition) is 5. The molecule has 0 unspecified atom stereocenters. The van der Waals surface area contributed by atoms with E-state index in [0.29, 0.717) is 41.1 Å². The Morgan fingerprint density at radius 3 is 2.48 bits per heavy atom. The highest BCUT2D eigenvalue weighted by molar-refractivity contribution is 8.18. The monoisotopic (exact) mass is 504 g/mol. The van der Waals surface area contributed by atoms with E-state index in [-0.39, 0.29) is 17.4 Å². The van der Waals surface area contributed by atoms with Crippen LogP contribution in [-0.4, -0.2) is 46.5 Å². The van der Waals surface area contributed by atoms with Crippen molar-refractivity contribution in [2.75, 3.05) is 19.6 Å². The van der Waals surface area contributed by atoms with Gasteiger partial charge in [-0.1, -0.05) is 53.0 Å². The number of aryl methyl sites for hydroxylation is 1. The van der Waals surface area contributed by atoms with Crippen molar-refractivity contribution in [3.63, 3.8) is 0 Å². The van der Waals surface area contributed by atoms with Crippen molar-refractivity contribution in [3.8, 4) is 5.75 Å². The summed E-state index contributed by atoms with van der Waals surface area (Å²) in [7, 11) is 0. The molecule has 172 valence electrons. The summed E-state index contributed by atoms with van der Waals surface area (Å²) in [5.74, 6) is -0.358. The molecule has 0 saturated carbocycles. The van der Waals surface area contributed by atoms with E-state index in [1.54, 1.807) is 23.1 Å². The highest BCUT2D eigenvalue weighted by atomic mass is 35.5. The van der Waals surface area contributed by atoms with Crippen LogP contribution in [0.1, 0.15) is 29.5 Å². The van der Waals surface area contributed by atoms with Gasteiger partial charge in [0.15, 0.2) is 5.75 Å². The van der Waals surface area contributed by atoms with Crippen molar-refractivity contribution >= 4 is 58.1 Å². The molecule has 2 aliphatic rings. The Morgan fingerprint density at radius 2 is 1.82 bits per heavy atom. The zero-order chi connectivity index (χ0) is 23.5. The maximum absolute atomic E-state index is 12.7. The van der Waals surface area contributed by atoms with Crippen molar-refractivity contribution < 1.29 is 19.1 Å². The number of benzene rings is 2. The summed E-state index contributed by atoms with van der Waals surface area (Å²) in [4.78, 5) is 40.4. The number of carbonyl (C=O) groups is 3. The molecule has 2 saturated heterocycles. The highest BCUT2D eigenvalue weighted by Crippen LogP contribution is 2.38. The average Bonchev–Trinajstić information content (AvgIpc) is 3.38.